The molecule has 7 heteroatoms. The minimum Gasteiger partial charge on any atom is -0.480 e. The Morgan fingerprint density at radius 3 is 2.56 bits per heavy atom. The van der Waals surface area contributed by atoms with Crippen LogP contribution in [0.15, 0.2) is 24.3 Å². The summed E-state index contributed by atoms with van der Waals surface area (Å²) in [5, 5.41) is 18.6. The Bertz CT molecular complexity index is 451. The van der Waals surface area contributed by atoms with E-state index >= 15 is 0 Å². The molecule has 0 aromatic heterocycles. The molecule has 0 amide bonds. The van der Waals surface area contributed by atoms with Gasteiger partial charge in [-0.2, -0.15) is 0 Å². The topological polar surface area (TPSA) is 87.1 Å². The number of hydrogen-bond donors (Lipinski definition) is 2. The maximum atomic E-state index is 11.7. The third kappa shape index (κ3) is 3.43. The lowest BCUT2D eigenvalue weighted by molar-refractivity contribution is -0.168. The Balaban J connectivity index is 2.76. The summed E-state index contributed by atoms with van der Waals surface area (Å²) in [4.78, 5) is 27.2. The molecule has 1 atom stereocenters. The molecule has 0 spiro atoms. The van der Waals surface area contributed by atoms with Gasteiger partial charge in [-0.3, -0.25) is 4.79 Å². The van der Waals surface area contributed by atoms with Crippen LogP contribution >= 0.6 is 11.6 Å². The van der Waals surface area contributed by atoms with Gasteiger partial charge in [-0.1, -0.05) is 23.7 Å². The van der Waals surface area contributed by atoms with Gasteiger partial charge in [0.15, 0.2) is 6.04 Å². The summed E-state index contributed by atoms with van der Waals surface area (Å²) in [5.74, 6) is -2.09. The number of carbonyl (C=O) groups is 2. The highest BCUT2D eigenvalue weighted by atomic mass is 35.5. The van der Waals surface area contributed by atoms with E-state index in [0.29, 0.717) is 0 Å². The third-order valence-corrected chi connectivity index (χ3v) is 2.55. The first-order chi connectivity index (χ1) is 8.47. The van der Waals surface area contributed by atoms with Crippen molar-refractivity contribution < 1.29 is 24.6 Å². The average Bonchev–Trinajstić information content (AvgIpc) is 2.29. The zero-order chi connectivity index (χ0) is 13.7. The van der Waals surface area contributed by atoms with E-state index in [2.05, 4.69) is 0 Å². The lowest BCUT2D eigenvalue weighted by Gasteiger charge is -2.21. The Morgan fingerprint density at radius 2 is 2.06 bits per heavy atom. The molecule has 98 valence electrons. The lowest BCUT2D eigenvalue weighted by atomic mass is 10.2. The summed E-state index contributed by atoms with van der Waals surface area (Å²) in [7, 11) is 1.24. The highest BCUT2D eigenvalue weighted by Gasteiger charge is 2.26. The number of halogens is 1. The minimum atomic E-state index is -1.32. The molecule has 0 aliphatic rings. The van der Waals surface area contributed by atoms with Crippen LogP contribution in [0.25, 0.3) is 0 Å². The normalized spacial score (nSPS) is 12.2. The predicted molar refractivity (Wildman–Crippen MR) is 63.1 cm³/mol. The second-order valence-corrected chi connectivity index (χ2v) is 3.85. The number of carbonyl (C=O) groups excluding carboxylic acids is 1. The lowest BCUT2D eigenvalue weighted by Crippen LogP contribution is -2.42. The second kappa shape index (κ2) is 6.34. The maximum absolute atomic E-state index is 11.7. The smallest absolute Gasteiger partial charge is 0.358 e. The summed E-state index contributed by atoms with van der Waals surface area (Å²) in [6, 6.07) is 4.89. The first-order valence-electron chi connectivity index (χ1n) is 5.00. The van der Waals surface area contributed by atoms with Gasteiger partial charge in [0.05, 0.1) is 17.2 Å². The molecule has 6 nitrogen and oxygen atoms in total. The molecule has 1 aromatic carbocycles. The van der Waals surface area contributed by atoms with Crippen LogP contribution in [-0.2, 0) is 9.63 Å². The van der Waals surface area contributed by atoms with Crippen LogP contribution in [0.4, 0.5) is 0 Å². The molecule has 0 fully saturated rings. The van der Waals surface area contributed by atoms with E-state index in [1.807, 2.05) is 0 Å². The van der Waals surface area contributed by atoms with Gasteiger partial charge >= 0.3 is 11.9 Å². The Morgan fingerprint density at radius 1 is 1.44 bits per heavy atom. The average molecular weight is 274 g/mol. The molecule has 0 heterocycles. The van der Waals surface area contributed by atoms with E-state index in [-0.39, 0.29) is 10.6 Å². The standard InChI is InChI=1S/C11H12ClNO5/c1-13(9(6-14)10(15)16)18-11(17)7-4-2-3-5-8(7)12/h2-5,9,14H,6H2,1H3,(H,15,16)/t9-/m0/s1. The van der Waals surface area contributed by atoms with Gasteiger partial charge in [0.25, 0.3) is 0 Å². The minimum absolute atomic E-state index is 0.119. The van der Waals surface area contributed by atoms with Gasteiger partial charge in [-0.15, -0.1) is 5.06 Å². The van der Waals surface area contributed by atoms with Crippen LogP contribution in [0.3, 0.4) is 0 Å². The van der Waals surface area contributed by atoms with Crippen molar-refractivity contribution >= 4 is 23.5 Å². The van der Waals surface area contributed by atoms with E-state index in [9.17, 15) is 9.59 Å². The van der Waals surface area contributed by atoms with E-state index in [1.54, 1.807) is 12.1 Å². The fourth-order valence-electron chi connectivity index (χ4n) is 1.22. The van der Waals surface area contributed by atoms with Crippen LogP contribution in [0.2, 0.25) is 5.02 Å². The summed E-state index contributed by atoms with van der Waals surface area (Å²) in [6.45, 7) is -0.679. The van der Waals surface area contributed by atoms with Crippen molar-refractivity contribution in [1.29, 1.82) is 0 Å². The van der Waals surface area contributed by atoms with Gasteiger partial charge in [-0.25, -0.2) is 4.79 Å². The van der Waals surface area contributed by atoms with E-state index in [4.69, 9.17) is 26.7 Å². The monoisotopic (exact) mass is 273 g/mol. The SMILES string of the molecule is CN(OC(=O)c1ccccc1Cl)[C@@H](CO)C(=O)O. The van der Waals surface area contributed by atoms with Crippen LogP contribution in [0.1, 0.15) is 10.4 Å². The van der Waals surface area contributed by atoms with Gasteiger partial charge in [-0.05, 0) is 12.1 Å². The van der Waals surface area contributed by atoms with Crippen molar-refractivity contribution in [3.8, 4) is 0 Å². The Labute approximate surface area is 108 Å². The number of likely N-dealkylation sites (N-methyl/N-ethyl adjacent to an activating group) is 1. The molecule has 18 heavy (non-hydrogen) atoms. The van der Waals surface area contributed by atoms with Crippen molar-refractivity contribution in [1.82, 2.24) is 5.06 Å². The number of aliphatic hydroxyl groups is 1. The van der Waals surface area contributed by atoms with Crippen molar-refractivity contribution in [3.63, 3.8) is 0 Å². The first kappa shape index (κ1) is 14.4. The number of aliphatic hydroxyl groups excluding tert-OH is 1. The van der Waals surface area contributed by atoms with Crippen LogP contribution in [0.5, 0.6) is 0 Å². The number of rotatable bonds is 5. The highest BCUT2D eigenvalue weighted by molar-refractivity contribution is 6.33. The second-order valence-electron chi connectivity index (χ2n) is 3.44. The number of hydroxylamine groups is 2. The Hall–Kier alpha value is -1.63. The fourth-order valence-corrected chi connectivity index (χ4v) is 1.43. The van der Waals surface area contributed by atoms with Gasteiger partial charge in [0, 0.05) is 7.05 Å². The van der Waals surface area contributed by atoms with Crippen molar-refractivity contribution in [2.75, 3.05) is 13.7 Å². The summed E-state index contributed by atoms with van der Waals surface area (Å²) < 4.78 is 0. The third-order valence-electron chi connectivity index (χ3n) is 2.22. The number of benzene rings is 1. The van der Waals surface area contributed by atoms with Crippen LogP contribution < -0.4 is 0 Å². The van der Waals surface area contributed by atoms with Crippen molar-refractivity contribution in [3.05, 3.63) is 34.9 Å². The predicted octanol–water partition coefficient (Wildman–Crippen LogP) is 0.789. The van der Waals surface area contributed by atoms with E-state index in [1.165, 1.54) is 19.2 Å². The number of carboxylic acid groups (broad SMARTS) is 1. The maximum Gasteiger partial charge on any atom is 0.358 e. The molecule has 0 saturated carbocycles. The van der Waals surface area contributed by atoms with Crippen molar-refractivity contribution in [2.45, 2.75) is 6.04 Å². The number of carboxylic acids is 1. The summed E-state index contributed by atoms with van der Waals surface area (Å²) >= 11 is 5.79. The summed E-state index contributed by atoms with van der Waals surface area (Å²) in [5.41, 5.74) is 0.119. The molecule has 0 unspecified atom stereocenters. The molecule has 0 radical (unpaired) electrons. The fraction of sp³-hybridized carbons (Fsp3) is 0.273. The zero-order valence-electron chi connectivity index (χ0n) is 9.54. The quantitative estimate of drug-likeness (QED) is 0.771. The zero-order valence-corrected chi connectivity index (χ0v) is 10.3. The Kier molecular flexibility index (Phi) is 5.08. The molecular weight excluding hydrogens is 262 g/mol. The van der Waals surface area contributed by atoms with E-state index < -0.39 is 24.6 Å². The number of hydrogen-bond acceptors (Lipinski definition) is 5. The van der Waals surface area contributed by atoms with Crippen LogP contribution in [0, 0.1) is 0 Å². The molecule has 0 aliphatic carbocycles. The molecular formula is C11H12ClNO5. The van der Waals surface area contributed by atoms with E-state index in [0.717, 1.165) is 5.06 Å². The van der Waals surface area contributed by atoms with Crippen LogP contribution in [-0.4, -0.2) is 46.9 Å². The molecule has 1 rings (SSSR count). The molecule has 1 aromatic rings. The van der Waals surface area contributed by atoms with Crippen molar-refractivity contribution in [2.24, 2.45) is 0 Å². The number of nitrogens with zero attached hydrogens (tertiary/aromatic N) is 1. The molecule has 0 bridgehead atoms. The first-order valence-corrected chi connectivity index (χ1v) is 5.38. The summed E-state index contributed by atoms with van der Waals surface area (Å²) in [6.07, 6.45) is 0. The van der Waals surface area contributed by atoms with Gasteiger partial charge < -0.3 is 15.1 Å². The number of aliphatic carboxylic acids is 1. The molecule has 2 N–H and O–H groups in total. The largest absolute Gasteiger partial charge is 0.480 e. The van der Waals surface area contributed by atoms with Gasteiger partial charge in [0.2, 0.25) is 0 Å². The molecule has 0 saturated heterocycles. The highest BCUT2D eigenvalue weighted by Crippen LogP contribution is 2.16. The van der Waals surface area contributed by atoms with Gasteiger partial charge in [0.1, 0.15) is 0 Å². The molecule has 0 aliphatic heterocycles.